The number of carbonyl (C=O) groups excluding carboxylic acids is 1. The lowest BCUT2D eigenvalue weighted by atomic mass is 10.0. The molecule has 0 aromatic heterocycles. The van der Waals surface area contributed by atoms with E-state index in [1.165, 1.54) is 0 Å². The lowest BCUT2D eigenvalue weighted by Crippen LogP contribution is -2.45. The zero-order valence-electron chi connectivity index (χ0n) is 12.9. The third-order valence-corrected chi connectivity index (χ3v) is 3.85. The first kappa shape index (κ1) is 15.8. The van der Waals surface area contributed by atoms with Crippen molar-refractivity contribution >= 4 is 5.91 Å². The molecule has 0 spiro atoms. The van der Waals surface area contributed by atoms with Gasteiger partial charge in [-0.25, -0.2) is 0 Å². The lowest BCUT2D eigenvalue weighted by Gasteiger charge is -2.20. The second-order valence-corrected chi connectivity index (χ2v) is 6.06. The monoisotopic (exact) mass is 291 g/mol. The summed E-state index contributed by atoms with van der Waals surface area (Å²) in [6.45, 7) is 4.54. The maximum absolute atomic E-state index is 12.0. The fourth-order valence-corrected chi connectivity index (χ4v) is 2.68. The largest absolute Gasteiger partial charge is 0.491 e. The topological polar surface area (TPSA) is 58.6 Å². The number of hydrogen-bond acceptors (Lipinski definition) is 3. The van der Waals surface area contributed by atoms with Crippen LogP contribution in [0.2, 0.25) is 0 Å². The molecule has 1 fully saturated rings. The van der Waals surface area contributed by atoms with Crippen LogP contribution in [0.5, 0.6) is 5.75 Å². The number of rotatable bonds is 6. The van der Waals surface area contributed by atoms with Crippen molar-refractivity contribution in [2.45, 2.75) is 57.7 Å². The van der Waals surface area contributed by atoms with Crippen molar-refractivity contribution in [3.8, 4) is 5.75 Å². The standard InChI is InChI=1S/C17H25NO3/c1-13(2)21-15-7-5-14(6-8-15)9-12-18-16(19)17(20)10-3-4-11-17/h5-8,13,20H,3-4,9-12H2,1-2H3,(H,18,19). The molecule has 116 valence electrons. The highest BCUT2D eigenvalue weighted by molar-refractivity contribution is 5.85. The second-order valence-electron chi connectivity index (χ2n) is 6.06. The van der Waals surface area contributed by atoms with Gasteiger partial charge in [0.05, 0.1) is 6.10 Å². The van der Waals surface area contributed by atoms with Crippen LogP contribution in [0.25, 0.3) is 0 Å². The van der Waals surface area contributed by atoms with Gasteiger partial charge in [-0.15, -0.1) is 0 Å². The molecule has 0 radical (unpaired) electrons. The van der Waals surface area contributed by atoms with Gasteiger partial charge in [0, 0.05) is 6.54 Å². The van der Waals surface area contributed by atoms with Gasteiger partial charge in [0.2, 0.25) is 0 Å². The number of benzene rings is 1. The molecule has 0 atom stereocenters. The van der Waals surface area contributed by atoms with Crippen LogP contribution in [-0.4, -0.2) is 29.3 Å². The molecule has 2 N–H and O–H groups in total. The van der Waals surface area contributed by atoms with Crippen LogP contribution in [0.3, 0.4) is 0 Å². The Morgan fingerprint density at radius 3 is 2.48 bits per heavy atom. The summed E-state index contributed by atoms with van der Waals surface area (Å²) in [7, 11) is 0. The minimum Gasteiger partial charge on any atom is -0.491 e. The van der Waals surface area contributed by atoms with E-state index < -0.39 is 5.60 Å². The highest BCUT2D eigenvalue weighted by atomic mass is 16.5. The number of hydrogen-bond donors (Lipinski definition) is 2. The van der Waals surface area contributed by atoms with Gasteiger partial charge in [0.1, 0.15) is 11.4 Å². The van der Waals surface area contributed by atoms with E-state index in [2.05, 4.69) is 5.32 Å². The SMILES string of the molecule is CC(C)Oc1ccc(CCNC(=O)C2(O)CCCC2)cc1. The van der Waals surface area contributed by atoms with Crippen LogP contribution in [-0.2, 0) is 11.2 Å². The van der Waals surface area contributed by atoms with E-state index in [-0.39, 0.29) is 12.0 Å². The maximum atomic E-state index is 12.0. The number of carbonyl (C=O) groups is 1. The van der Waals surface area contributed by atoms with Crippen LogP contribution >= 0.6 is 0 Å². The molecule has 0 bridgehead atoms. The average Bonchev–Trinajstić information content (AvgIpc) is 2.88. The first-order chi connectivity index (χ1) is 9.99. The van der Waals surface area contributed by atoms with Crippen LogP contribution in [0.1, 0.15) is 45.1 Å². The summed E-state index contributed by atoms with van der Waals surface area (Å²) in [5.74, 6) is 0.637. The van der Waals surface area contributed by atoms with Gasteiger partial charge in [-0.2, -0.15) is 0 Å². The van der Waals surface area contributed by atoms with Gasteiger partial charge < -0.3 is 15.2 Å². The molecule has 1 aliphatic rings. The van der Waals surface area contributed by atoms with Crippen LogP contribution in [0.4, 0.5) is 0 Å². The zero-order chi connectivity index (χ0) is 15.3. The predicted molar refractivity (Wildman–Crippen MR) is 82.3 cm³/mol. The van der Waals surface area contributed by atoms with Gasteiger partial charge in [0.25, 0.3) is 5.91 Å². The van der Waals surface area contributed by atoms with E-state index in [1.807, 2.05) is 38.1 Å². The molecule has 4 nitrogen and oxygen atoms in total. The lowest BCUT2D eigenvalue weighted by molar-refractivity contribution is -0.139. The van der Waals surface area contributed by atoms with Crippen molar-refractivity contribution in [3.63, 3.8) is 0 Å². The summed E-state index contributed by atoms with van der Waals surface area (Å²) < 4.78 is 5.59. The number of amides is 1. The summed E-state index contributed by atoms with van der Waals surface area (Å²) in [5, 5.41) is 13.0. The Morgan fingerprint density at radius 2 is 1.90 bits per heavy atom. The van der Waals surface area contributed by atoms with Gasteiger partial charge in [-0.3, -0.25) is 4.79 Å². The third-order valence-electron chi connectivity index (χ3n) is 3.85. The van der Waals surface area contributed by atoms with E-state index in [1.54, 1.807) is 0 Å². The Morgan fingerprint density at radius 1 is 1.29 bits per heavy atom. The van der Waals surface area contributed by atoms with Gasteiger partial charge in [-0.1, -0.05) is 12.1 Å². The molecular weight excluding hydrogens is 266 g/mol. The van der Waals surface area contributed by atoms with E-state index in [9.17, 15) is 9.90 Å². The summed E-state index contributed by atoms with van der Waals surface area (Å²) in [5.41, 5.74) is 0.0134. The Hall–Kier alpha value is -1.55. The Labute approximate surface area is 126 Å². The summed E-state index contributed by atoms with van der Waals surface area (Å²) in [6, 6.07) is 7.91. The van der Waals surface area contributed by atoms with Crippen molar-refractivity contribution < 1.29 is 14.6 Å². The molecule has 2 rings (SSSR count). The quantitative estimate of drug-likeness (QED) is 0.846. The van der Waals surface area contributed by atoms with E-state index in [0.717, 1.165) is 30.6 Å². The normalized spacial score (nSPS) is 17.0. The first-order valence-electron chi connectivity index (χ1n) is 7.76. The first-order valence-corrected chi connectivity index (χ1v) is 7.76. The molecule has 1 amide bonds. The van der Waals surface area contributed by atoms with Crippen LogP contribution in [0.15, 0.2) is 24.3 Å². The molecule has 1 aromatic carbocycles. The van der Waals surface area contributed by atoms with Crippen molar-refractivity contribution in [2.24, 2.45) is 0 Å². The van der Waals surface area contributed by atoms with Crippen molar-refractivity contribution in [2.75, 3.05) is 6.54 Å². The molecule has 1 saturated carbocycles. The fourth-order valence-electron chi connectivity index (χ4n) is 2.68. The predicted octanol–water partition coefficient (Wildman–Crippen LogP) is 2.44. The molecule has 0 aliphatic heterocycles. The molecular formula is C17H25NO3. The van der Waals surface area contributed by atoms with E-state index in [4.69, 9.17) is 4.74 Å². The third kappa shape index (κ3) is 4.46. The van der Waals surface area contributed by atoms with Gasteiger partial charge >= 0.3 is 0 Å². The van der Waals surface area contributed by atoms with E-state index in [0.29, 0.717) is 19.4 Å². The van der Waals surface area contributed by atoms with E-state index >= 15 is 0 Å². The highest BCUT2D eigenvalue weighted by Crippen LogP contribution is 2.29. The Bertz CT molecular complexity index is 461. The van der Waals surface area contributed by atoms with Crippen LogP contribution in [0, 0.1) is 0 Å². The number of aliphatic hydroxyl groups is 1. The summed E-state index contributed by atoms with van der Waals surface area (Å²) >= 11 is 0. The second kappa shape index (κ2) is 6.94. The van der Waals surface area contributed by atoms with Gasteiger partial charge in [0.15, 0.2) is 0 Å². The maximum Gasteiger partial charge on any atom is 0.251 e. The minimum absolute atomic E-state index is 0.169. The number of ether oxygens (including phenoxy) is 1. The Balaban J connectivity index is 1.77. The molecule has 0 unspecified atom stereocenters. The fraction of sp³-hybridized carbons (Fsp3) is 0.588. The van der Waals surface area contributed by atoms with Crippen molar-refractivity contribution in [1.29, 1.82) is 0 Å². The minimum atomic E-state index is -1.13. The molecule has 4 heteroatoms. The molecule has 1 aliphatic carbocycles. The highest BCUT2D eigenvalue weighted by Gasteiger charge is 2.38. The summed E-state index contributed by atoms with van der Waals surface area (Å²) in [6.07, 6.45) is 3.95. The van der Waals surface area contributed by atoms with Crippen LogP contribution < -0.4 is 10.1 Å². The Kier molecular flexibility index (Phi) is 5.23. The number of nitrogens with one attached hydrogen (secondary N) is 1. The average molecular weight is 291 g/mol. The molecule has 0 heterocycles. The molecule has 1 aromatic rings. The zero-order valence-corrected chi connectivity index (χ0v) is 12.9. The smallest absolute Gasteiger partial charge is 0.251 e. The summed E-state index contributed by atoms with van der Waals surface area (Å²) in [4.78, 5) is 12.0. The van der Waals surface area contributed by atoms with Crippen molar-refractivity contribution in [1.82, 2.24) is 5.32 Å². The molecule has 21 heavy (non-hydrogen) atoms. The van der Waals surface area contributed by atoms with Crippen molar-refractivity contribution in [3.05, 3.63) is 29.8 Å². The van der Waals surface area contributed by atoms with Gasteiger partial charge in [-0.05, 0) is 63.6 Å². The molecule has 0 saturated heterocycles.